The second-order valence-electron chi connectivity index (χ2n) is 8.03. The van der Waals surface area contributed by atoms with Crippen LogP contribution in [0, 0.1) is 5.92 Å². The van der Waals surface area contributed by atoms with Crippen LogP contribution in [0.1, 0.15) is 55.3 Å². The number of carbonyl (C=O) groups excluding carboxylic acids is 2. The van der Waals surface area contributed by atoms with Gasteiger partial charge < -0.3 is 15.2 Å². The first-order valence-corrected chi connectivity index (χ1v) is 10.4. The van der Waals surface area contributed by atoms with E-state index in [-0.39, 0.29) is 30.3 Å². The summed E-state index contributed by atoms with van der Waals surface area (Å²) in [5, 5.41) is 11.7. The third kappa shape index (κ3) is 5.35. The first-order valence-electron chi connectivity index (χ1n) is 10.4. The number of fused-ring (bicyclic) bond motifs is 2. The van der Waals surface area contributed by atoms with Crippen LogP contribution >= 0.6 is 0 Å². The standard InChI is InChI=1S/C22H30N2O5/c1-24-16-11-12-17(24)20(21(27)23-13-7-3-6-10-19(25)26)18(14-16)29-22(28)15-8-4-2-5-9-15/h2,4-5,8-9,16-18,20H,3,6-7,10-14H2,1H3,(H,23,27)(H,25,26)/t16-,17+,18-,20+/m0/s1. The summed E-state index contributed by atoms with van der Waals surface area (Å²) in [6.07, 6.45) is 4.45. The minimum Gasteiger partial charge on any atom is -0.481 e. The number of ether oxygens (including phenoxy) is 1. The highest BCUT2D eigenvalue weighted by atomic mass is 16.5. The molecule has 0 radical (unpaired) electrons. The molecule has 0 saturated carbocycles. The summed E-state index contributed by atoms with van der Waals surface area (Å²) in [5.74, 6) is -1.64. The fraction of sp³-hybridized carbons (Fsp3) is 0.591. The van der Waals surface area contributed by atoms with Gasteiger partial charge in [-0.2, -0.15) is 0 Å². The minimum absolute atomic E-state index is 0.0775. The fourth-order valence-corrected chi connectivity index (χ4v) is 4.57. The lowest BCUT2D eigenvalue weighted by Gasteiger charge is -2.41. The van der Waals surface area contributed by atoms with Crippen molar-refractivity contribution in [2.45, 2.75) is 63.1 Å². The number of carbonyl (C=O) groups is 3. The van der Waals surface area contributed by atoms with Gasteiger partial charge in [-0.1, -0.05) is 24.6 Å². The van der Waals surface area contributed by atoms with Crippen LogP contribution in [-0.4, -0.2) is 59.6 Å². The number of piperidine rings is 1. The van der Waals surface area contributed by atoms with Crippen molar-refractivity contribution in [2.24, 2.45) is 5.92 Å². The molecule has 2 aliphatic rings. The van der Waals surface area contributed by atoms with Gasteiger partial charge in [-0.15, -0.1) is 0 Å². The average Bonchev–Trinajstić information content (AvgIpc) is 2.94. The van der Waals surface area contributed by atoms with Crippen LogP contribution in [0.3, 0.4) is 0 Å². The van der Waals surface area contributed by atoms with Crippen LogP contribution < -0.4 is 5.32 Å². The third-order valence-corrected chi connectivity index (χ3v) is 6.15. The molecule has 0 spiro atoms. The number of nitrogens with zero attached hydrogens (tertiary/aromatic N) is 1. The molecule has 1 aromatic rings. The number of rotatable bonds is 9. The second-order valence-corrected chi connectivity index (χ2v) is 8.03. The molecule has 2 N–H and O–H groups in total. The van der Waals surface area contributed by atoms with E-state index in [1.807, 2.05) is 13.1 Å². The van der Waals surface area contributed by atoms with Gasteiger partial charge in [-0.25, -0.2) is 4.79 Å². The zero-order valence-electron chi connectivity index (χ0n) is 16.9. The minimum atomic E-state index is -0.793. The van der Waals surface area contributed by atoms with Crippen LogP contribution in [0.5, 0.6) is 0 Å². The van der Waals surface area contributed by atoms with Crippen LogP contribution in [-0.2, 0) is 14.3 Å². The molecule has 1 amide bonds. The Balaban J connectivity index is 1.58. The van der Waals surface area contributed by atoms with Crippen molar-refractivity contribution in [3.8, 4) is 0 Å². The highest BCUT2D eigenvalue weighted by Crippen LogP contribution is 2.40. The van der Waals surface area contributed by atoms with Crippen molar-refractivity contribution >= 4 is 17.8 Å². The number of hydrogen-bond donors (Lipinski definition) is 2. The van der Waals surface area contributed by atoms with Gasteiger partial charge in [0, 0.05) is 31.5 Å². The maximum atomic E-state index is 13.0. The summed E-state index contributed by atoms with van der Waals surface area (Å²) in [5.41, 5.74) is 0.497. The third-order valence-electron chi connectivity index (χ3n) is 6.15. The number of hydrogen-bond acceptors (Lipinski definition) is 5. The Labute approximate surface area is 171 Å². The molecular formula is C22H30N2O5. The zero-order chi connectivity index (χ0) is 20.8. The Morgan fingerprint density at radius 3 is 2.62 bits per heavy atom. The van der Waals surface area contributed by atoms with Gasteiger partial charge in [0.15, 0.2) is 0 Å². The number of unbranched alkanes of at least 4 members (excludes halogenated alkanes) is 2. The van der Waals surface area contributed by atoms with E-state index in [0.717, 1.165) is 25.7 Å². The van der Waals surface area contributed by atoms with E-state index in [0.29, 0.717) is 31.0 Å². The van der Waals surface area contributed by atoms with Gasteiger partial charge in [-0.05, 0) is 44.9 Å². The molecule has 158 valence electrons. The van der Waals surface area contributed by atoms with Crippen LogP contribution in [0.2, 0.25) is 0 Å². The number of benzene rings is 1. The summed E-state index contributed by atoms with van der Waals surface area (Å²) in [6, 6.07) is 9.30. The number of carboxylic acids is 1. The van der Waals surface area contributed by atoms with Gasteiger partial charge in [0.25, 0.3) is 0 Å². The molecule has 3 rings (SSSR count). The number of aliphatic carboxylic acids is 1. The van der Waals surface area contributed by atoms with Gasteiger partial charge in [0.2, 0.25) is 5.91 Å². The topological polar surface area (TPSA) is 95.9 Å². The molecule has 2 saturated heterocycles. The number of amides is 1. The summed E-state index contributed by atoms with van der Waals surface area (Å²) >= 11 is 0. The monoisotopic (exact) mass is 402 g/mol. The molecule has 7 nitrogen and oxygen atoms in total. The lowest BCUT2D eigenvalue weighted by Crippen LogP contribution is -2.55. The Kier molecular flexibility index (Phi) is 7.25. The largest absolute Gasteiger partial charge is 0.481 e. The summed E-state index contributed by atoms with van der Waals surface area (Å²) in [6.45, 7) is 0.508. The molecule has 2 fully saturated rings. The summed E-state index contributed by atoms with van der Waals surface area (Å²) in [7, 11) is 2.05. The lowest BCUT2D eigenvalue weighted by molar-refractivity contribution is -0.137. The molecular weight excluding hydrogens is 372 g/mol. The molecule has 7 heteroatoms. The molecule has 2 heterocycles. The van der Waals surface area contributed by atoms with Gasteiger partial charge in [0.1, 0.15) is 6.10 Å². The normalized spacial score (nSPS) is 26.1. The predicted molar refractivity (Wildman–Crippen MR) is 107 cm³/mol. The molecule has 1 aromatic carbocycles. The number of carboxylic acid groups (broad SMARTS) is 1. The maximum Gasteiger partial charge on any atom is 0.338 e. The lowest BCUT2D eigenvalue weighted by atomic mass is 9.86. The first kappa shape index (κ1) is 21.3. The van der Waals surface area contributed by atoms with E-state index >= 15 is 0 Å². The van der Waals surface area contributed by atoms with Crippen molar-refractivity contribution in [1.82, 2.24) is 10.2 Å². The van der Waals surface area contributed by atoms with Crippen LogP contribution in [0.25, 0.3) is 0 Å². The van der Waals surface area contributed by atoms with E-state index < -0.39 is 12.1 Å². The molecule has 29 heavy (non-hydrogen) atoms. The van der Waals surface area contributed by atoms with E-state index in [1.54, 1.807) is 24.3 Å². The average molecular weight is 402 g/mol. The van der Waals surface area contributed by atoms with Crippen molar-refractivity contribution in [2.75, 3.05) is 13.6 Å². The molecule has 0 aromatic heterocycles. The Morgan fingerprint density at radius 1 is 1.14 bits per heavy atom. The smallest absolute Gasteiger partial charge is 0.338 e. The van der Waals surface area contributed by atoms with E-state index in [9.17, 15) is 14.4 Å². The molecule has 4 atom stereocenters. The molecule has 2 bridgehead atoms. The quantitative estimate of drug-likeness (QED) is 0.487. The second kappa shape index (κ2) is 9.87. The summed E-state index contributed by atoms with van der Waals surface area (Å²) < 4.78 is 5.82. The van der Waals surface area contributed by atoms with E-state index in [1.165, 1.54) is 0 Å². The van der Waals surface area contributed by atoms with Gasteiger partial charge in [0.05, 0.1) is 11.5 Å². The van der Waals surface area contributed by atoms with E-state index in [2.05, 4.69) is 10.2 Å². The summed E-state index contributed by atoms with van der Waals surface area (Å²) in [4.78, 5) is 38.4. The number of nitrogens with one attached hydrogen (secondary N) is 1. The van der Waals surface area contributed by atoms with Crippen LogP contribution in [0.4, 0.5) is 0 Å². The van der Waals surface area contributed by atoms with Crippen molar-refractivity contribution in [3.05, 3.63) is 35.9 Å². The SMILES string of the molecule is CN1[C@H]2CC[C@@H]1[C@@H](C(=O)NCCCCCC(=O)O)[C@@H](OC(=O)c1ccccc1)C2. The van der Waals surface area contributed by atoms with Crippen LogP contribution in [0.15, 0.2) is 30.3 Å². The zero-order valence-corrected chi connectivity index (χ0v) is 16.9. The first-order chi connectivity index (χ1) is 14.0. The molecule has 2 aliphatic heterocycles. The van der Waals surface area contributed by atoms with Crippen molar-refractivity contribution < 1.29 is 24.2 Å². The highest BCUT2D eigenvalue weighted by molar-refractivity contribution is 5.90. The van der Waals surface area contributed by atoms with Crippen molar-refractivity contribution in [3.63, 3.8) is 0 Å². The fourth-order valence-electron chi connectivity index (χ4n) is 4.57. The predicted octanol–water partition coefficient (Wildman–Crippen LogP) is 2.46. The molecule has 0 unspecified atom stereocenters. The number of esters is 1. The molecule has 0 aliphatic carbocycles. The van der Waals surface area contributed by atoms with E-state index in [4.69, 9.17) is 9.84 Å². The highest BCUT2D eigenvalue weighted by Gasteiger charge is 2.50. The maximum absolute atomic E-state index is 13.0. The Hall–Kier alpha value is -2.41. The Bertz CT molecular complexity index is 723. The Morgan fingerprint density at radius 2 is 1.90 bits per heavy atom. The van der Waals surface area contributed by atoms with Gasteiger partial charge in [-0.3, -0.25) is 14.5 Å². The van der Waals surface area contributed by atoms with Gasteiger partial charge >= 0.3 is 11.9 Å². The van der Waals surface area contributed by atoms with Crippen molar-refractivity contribution in [1.29, 1.82) is 0 Å².